The van der Waals surface area contributed by atoms with Crippen LogP contribution in [0.3, 0.4) is 0 Å². The van der Waals surface area contributed by atoms with Crippen molar-refractivity contribution in [2.24, 2.45) is 0 Å². The highest BCUT2D eigenvalue weighted by Crippen LogP contribution is 2.36. The van der Waals surface area contributed by atoms with E-state index in [0.29, 0.717) is 0 Å². The molecule has 20 heavy (non-hydrogen) atoms. The van der Waals surface area contributed by atoms with Crippen molar-refractivity contribution < 1.29 is 0 Å². The summed E-state index contributed by atoms with van der Waals surface area (Å²) in [5.74, 6) is 0. The summed E-state index contributed by atoms with van der Waals surface area (Å²) < 4.78 is 2.61. The molecule has 0 saturated heterocycles. The lowest BCUT2D eigenvalue weighted by Crippen LogP contribution is -2.33. The van der Waals surface area contributed by atoms with Gasteiger partial charge in [0.1, 0.15) is 9.52 Å². The molecule has 3 aromatic rings. The van der Waals surface area contributed by atoms with Gasteiger partial charge in [0, 0.05) is 4.37 Å². The molecule has 0 atom stereocenters. The molecule has 2 radical (unpaired) electrons. The van der Waals surface area contributed by atoms with Gasteiger partial charge >= 0.3 is 0 Å². The number of fused-ring (bicyclic) bond motifs is 1. The maximum absolute atomic E-state index is 4.73. The number of thiazole rings is 1. The highest BCUT2D eigenvalue weighted by molar-refractivity contribution is 8.03. The maximum atomic E-state index is 4.73. The van der Waals surface area contributed by atoms with Crippen molar-refractivity contribution in [2.45, 2.75) is 22.6 Å². The molecule has 0 amide bonds. The summed E-state index contributed by atoms with van der Waals surface area (Å²) in [6, 6.07) is 19.1. The number of nitrogens with zero attached hydrogens (tertiary/aromatic N) is 1. The topological polar surface area (TPSA) is 12.9 Å². The first-order valence-corrected chi connectivity index (χ1v) is 9.13. The molecular weight excluding hydrogens is 298 g/mol. The van der Waals surface area contributed by atoms with Crippen molar-refractivity contribution in [2.75, 3.05) is 0 Å². The first kappa shape index (κ1) is 13.9. The van der Waals surface area contributed by atoms with Gasteiger partial charge in [-0.2, -0.15) is 0 Å². The number of aromatic nitrogens is 1. The van der Waals surface area contributed by atoms with Crippen molar-refractivity contribution in [3.63, 3.8) is 0 Å². The van der Waals surface area contributed by atoms with Crippen molar-refractivity contribution in [1.29, 1.82) is 0 Å². The Morgan fingerprint density at radius 2 is 1.70 bits per heavy atom. The molecular formula is C16H15NS2Si. The Morgan fingerprint density at radius 1 is 1.00 bits per heavy atom. The predicted octanol–water partition coefficient (Wildman–Crippen LogP) is 4.15. The Kier molecular flexibility index (Phi) is 3.96. The molecule has 1 aromatic heterocycles. The lowest BCUT2D eigenvalue weighted by atomic mass is 10.3. The molecule has 1 nitrogen and oxygen atoms in total. The van der Waals surface area contributed by atoms with Crippen molar-refractivity contribution in [3.05, 3.63) is 54.6 Å². The highest BCUT2D eigenvalue weighted by Gasteiger charge is 2.23. The third-order valence-electron chi connectivity index (χ3n) is 2.84. The Balaban J connectivity index is 1.78. The second kappa shape index (κ2) is 5.72. The third-order valence-corrected chi connectivity index (χ3v) is 6.78. The molecule has 0 saturated carbocycles. The van der Waals surface area contributed by atoms with Crippen molar-refractivity contribution in [3.8, 4) is 0 Å². The number of thioether (sulfide) groups is 1. The molecule has 0 bridgehead atoms. The van der Waals surface area contributed by atoms with Crippen LogP contribution in [-0.2, 0) is 0 Å². The van der Waals surface area contributed by atoms with E-state index in [0.717, 1.165) is 15.0 Å². The minimum atomic E-state index is 0.176. The summed E-state index contributed by atoms with van der Waals surface area (Å²) in [5, 5.41) is 1.41. The molecule has 100 valence electrons. The lowest BCUT2D eigenvalue weighted by molar-refractivity contribution is 0.994. The van der Waals surface area contributed by atoms with E-state index in [9.17, 15) is 0 Å². The molecule has 3 rings (SSSR count). The number of hydrogen-bond acceptors (Lipinski definition) is 3. The second-order valence-electron chi connectivity index (χ2n) is 5.05. The number of hydrogen-bond donors (Lipinski definition) is 0. The van der Waals surface area contributed by atoms with Crippen LogP contribution in [0.5, 0.6) is 0 Å². The van der Waals surface area contributed by atoms with E-state index in [1.54, 1.807) is 11.3 Å². The normalized spacial score (nSPS) is 11.9. The van der Waals surface area contributed by atoms with E-state index in [2.05, 4.69) is 62.4 Å². The van der Waals surface area contributed by atoms with Gasteiger partial charge in [-0.25, -0.2) is 4.98 Å². The molecule has 1 heterocycles. The molecule has 0 aliphatic carbocycles. The molecule has 0 spiro atoms. The molecule has 4 heteroatoms. The van der Waals surface area contributed by atoms with Crippen LogP contribution in [0, 0.1) is 0 Å². The van der Waals surface area contributed by atoms with Crippen LogP contribution in [0.15, 0.2) is 58.9 Å². The zero-order chi connectivity index (χ0) is 14.0. The van der Waals surface area contributed by atoms with Crippen LogP contribution < -0.4 is 5.19 Å². The Morgan fingerprint density at radius 3 is 2.45 bits per heavy atom. The quantitative estimate of drug-likeness (QED) is 0.530. The van der Waals surface area contributed by atoms with Gasteiger partial charge in [-0.3, -0.25) is 0 Å². The number of rotatable bonds is 4. The van der Waals surface area contributed by atoms with Gasteiger partial charge < -0.3 is 0 Å². The summed E-state index contributed by atoms with van der Waals surface area (Å²) in [6.45, 7) is 4.60. The third kappa shape index (κ3) is 3.31. The lowest BCUT2D eigenvalue weighted by Gasteiger charge is -2.21. The molecule has 0 aliphatic rings. The fraction of sp³-hybridized carbons (Fsp3) is 0.188. The fourth-order valence-electron chi connectivity index (χ4n) is 2.01. The standard InChI is InChI=1S/C16H15NS2Si/c1-16(2,20-12-8-4-3-5-9-12)19-15-17-13-10-6-7-11-14(13)18-15/h3-11H,1-2H3. The minimum absolute atomic E-state index is 0.176. The zero-order valence-corrected chi connectivity index (χ0v) is 14.1. The minimum Gasteiger partial charge on any atom is -0.230 e. The largest absolute Gasteiger partial charge is 0.230 e. The van der Waals surface area contributed by atoms with Crippen molar-refractivity contribution >= 4 is 48.0 Å². The Bertz CT molecular complexity index is 674. The Hall–Kier alpha value is -1.10. The van der Waals surface area contributed by atoms with Gasteiger partial charge in [-0.15, -0.1) is 11.3 Å². The van der Waals surface area contributed by atoms with Crippen LogP contribution in [0.2, 0.25) is 0 Å². The highest BCUT2D eigenvalue weighted by atomic mass is 32.2. The summed E-state index contributed by atoms with van der Waals surface area (Å²) >= 11 is 3.68. The average molecular weight is 314 g/mol. The fourth-order valence-corrected chi connectivity index (χ4v) is 6.47. The summed E-state index contributed by atoms with van der Waals surface area (Å²) in [7, 11) is 0.773. The molecule has 0 N–H and O–H groups in total. The molecule has 2 aromatic carbocycles. The average Bonchev–Trinajstić information content (AvgIpc) is 2.80. The van der Waals surface area contributed by atoms with Crippen LogP contribution in [-0.4, -0.2) is 18.9 Å². The first-order chi connectivity index (χ1) is 9.62. The zero-order valence-electron chi connectivity index (χ0n) is 11.5. The van der Waals surface area contributed by atoms with E-state index < -0.39 is 0 Å². The first-order valence-electron chi connectivity index (χ1n) is 6.50. The molecule has 0 fully saturated rings. The van der Waals surface area contributed by atoms with Gasteiger partial charge in [0.2, 0.25) is 0 Å². The number of para-hydroxylation sites is 1. The van der Waals surface area contributed by atoms with Gasteiger partial charge in [0.05, 0.1) is 10.2 Å². The SMILES string of the molecule is CC(C)([Si]c1ccccc1)Sc1nc2ccccc2s1. The van der Waals surface area contributed by atoms with Crippen LogP contribution in [0.4, 0.5) is 0 Å². The van der Waals surface area contributed by atoms with E-state index in [4.69, 9.17) is 4.98 Å². The summed E-state index contributed by atoms with van der Waals surface area (Å²) in [4.78, 5) is 4.73. The molecule has 0 aliphatic heterocycles. The van der Waals surface area contributed by atoms with E-state index in [-0.39, 0.29) is 4.37 Å². The molecule has 0 unspecified atom stereocenters. The van der Waals surface area contributed by atoms with Crippen LogP contribution >= 0.6 is 23.1 Å². The Labute approximate surface area is 130 Å². The van der Waals surface area contributed by atoms with E-state index in [1.165, 1.54) is 14.2 Å². The smallest absolute Gasteiger partial charge is 0.151 e. The monoisotopic (exact) mass is 313 g/mol. The van der Waals surface area contributed by atoms with Crippen LogP contribution in [0.1, 0.15) is 13.8 Å². The summed E-state index contributed by atoms with van der Waals surface area (Å²) in [5.41, 5.74) is 1.11. The van der Waals surface area contributed by atoms with Gasteiger partial charge in [-0.05, 0) is 12.1 Å². The number of benzene rings is 2. The van der Waals surface area contributed by atoms with E-state index in [1.807, 2.05) is 17.8 Å². The second-order valence-corrected chi connectivity index (χ2v) is 10.4. The van der Waals surface area contributed by atoms with Crippen LogP contribution in [0.25, 0.3) is 10.2 Å². The summed E-state index contributed by atoms with van der Waals surface area (Å²) in [6.07, 6.45) is 0. The van der Waals surface area contributed by atoms with E-state index >= 15 is 0 Å². The van der Waals surface area contributed by atoms with Crippen molar-refractivity contribution in [1.82, 2.24) is 4.98 Å². The van der Waals surface area contributed by atoms with Gasteiger partial charge in [0.15, 0.2) is 4.34 Å². The van der Waals surface area contributed by atoms with Gasteiger partial charge in [0.25, 0.3) is 0 Å². The predicted molar refractivity (Wildman–Crippen MR) is 91.4 cm³/mol. The van der Waals surface area contributed by atoms with Gasteiger partial charge in [-0.1, -0.05) is 73.3 Å². The maximum Gasteiger partial charge on any atom is 0.151 e.